The highest BCUT2D eigenvalue weighted by Crippen LogP contribution is 2.24. The van der Waals surface area contributed by atoms with Gasteiger partial charge in [-0.1, -0.05) is 11.6 Å². The molecule has 0 spiro atoms. The third-order valence-corrected chi connectivity index (χ3v) is 4.50. The van der Waals surface area contributed by atoms with Crippen LogP contribution in [0.3, 0.4) is 0 Å². The van der Waals surface area contributed by atoms with Crippen LogP contribution in [0.1, 0.15) is 16.2 Å². The van der Waals surface area contributed by atoms with Crippen LogP contribution in [-0.4, -0.2) is 32.5 Å². The second-order valence-electron chi connectivity index (χ2n) is 6.07. The van der Waals surface area contributed by atoms with E-state index >= 15 is 0 Å². The molecule has 0 aliphatic heterocycles. The molecule has 7 nitrogen and oxygen atoms in total. The number of benzene rings is 2. The minimum atomic E-state index is -0.282. The molecule has 0 aliphatic rings. The zero-order chi connectivity index (χ0) is 19.7. The van der Waals surface area contributed by atoms with Crippen LogP contribution in [0.25, 0.3) is 16.9 Å². The number of carbonyl (C=O) groups excluding carboxylic acids is 1. The Hall–Kier alpha value is -3.45. The highest BCUT2D eigenvalue weighted by atomic mass is 35.5. The van der Waals surface area contributed by atoms with Gasteiger partial charge in [0, 0.05) is 16.7 Å². The molecule has 0 saturated carbocycles. The molecular formula is C20H16ClN5O2. The van der Waals surface area contributed by atoms with Crippen LogP contribution in [-0.2, 0) is 0 Å². The quantitative estimate of drug-likeness (QED) is 0.566. The average Bonchev–Trinajstić information content (AvgIpc) is 3.03. The molecule has 0 bridgehead atoms. The number of fused-ring (bicyclic) bond motifs is 1. The maximum absolute atomic E-state index is 12.3. The van der Waals surface area contributed by atoms with Crippen molar-refractivity contribution in [3.05, 3.63) is 71.3 Å². The van der Waals surface area contributed by atoms with Gasteiger partial charge < -0.3 is 10.1 Å². The number of nitrogens with one attached hydrogen (secondary N) is 1. The van der Waals surface area contributed by atoms with Crippen molar-refractivity contribution in [3.8, 4) is 11.6 Å². The number of methoxy groups -OCH3 is 1. The number of nitrogens with zero attached hydrogens (tertiary/aromatic N) is 4. The Morgan fingerprint density at radius 2 is 1.89 bits per heavy atom. The summed E-state index contributed by atoms with van der Waals surface area (Å²) in [5, 5.41) is 3.29. The Morgan fingerprint density at radius 1 is 1.11 bits per heavy atom. The molecule has 4 aromatic rings. The van der Waals surface area contributed by atoms with Crippen molar-refractivity contribution >= 4 is 34.4 Å². The molecule has 2 aromatic carbocycles. The van der Waals surface area contributed by atoms with Gasteiger partial charge in [0.25, 0.3) is 5.91 Å². The third-order valence-electron chi connectivity index (χ3n) is 4.24. The second kappa shape index (κ2) is 7.28. The summed E-state index contributed by atoms with van der Waals surface area (Å²) < 4.78 is 7.14. The summed E-state index contributed by atoms with van der Waals surface area (Å²) in [6.45, 7) is 1.89. The lowest BCUT2D eigenvalue weighted by atomic mass is 10.2. The van der Waals surface area contributed by atoms with E-state index in [-0.39, 0.29) is 5.91 Å². The van der Waals surface area contributed by atoms with Gasteiger partial charge >= 0.3 is 0 Å². The summed E-state index contributed by atoms with van der Waals surface area (Å²) in [6.07, 6.45) is 3.10. The van der Waals surface area contributed by atoms with Gasteiger partial charge in [-0.05, 0) is 43.3 Å². The van der Waals surface area contributed by atoms with Crippen molar-refractivity contribution in [1.29, 1.82) is 0 Å². The summed E-state index contributed by atoms with van der Waals surface area (Å²) in [7, 11) is 1.62. The van der Waals surface area contributed by atoms with Crippen LogP contribution in [0.2, 0.25) is 5.02 Å². The number of aryl methyl sites for hydroxylation is 1. The molecule has 0 radical (unpaired) electrons. The number of aromatic nitrogens is 4. The number of rotatable bonds is 4. The standard InChI is InChI=1S/C20H16ClN5O2/c1-12-24-16-9-15(28-2)7-8-17(16)26(12)19-11-22-18(10-23-19)25-20(27)13-3-5-14(21)6-4-13/h3-11H,1-2H3,(H,22,25,27). The van der Waals surface area contributed by atoms with Crippen LogP contribution in [0, 0.1) is 6.92 Å². The van der Waals surface area contributed by atoms with E-state index < -0.39 is 0 Å². The number of imidazole rings is 1. The molecular weight excluding hydrogens is 378 g/mol. The number of hydrogen-bond acceptors (Lipinski definition) is 5. The molecule has 2 aromatic heterocycles. The van der Waals surface area contributed by atoms with Gasteiger partial charge in [-0.3, -0.25) is 9.36 Å². The number of hydrogen-bond donors (Lipinski definition) is 1. The summed E-state index contributed by atoms with van der Waals surface area (Å²) in [6, 6.07) is 12.3. The zero-order valence-corrected chi connectivity index (χ0v) is 15.9. The summed E-state index contributed by atoms with van der Waals surface area (Å²) in [5.41, 5.74) is 2.19. The summed E-state index contributed by atoms with van der Waals surface area (Å²) >= 11 is 5.85. The number of amides is 1. The lowest BCUT2D eigenvalue weighted by Gasteiger charge is -2.08. The average molecular weight is 394 g/mol. The minimum absolute atomic E-state index is 0.282. The highest BCUT2D eigenvalue weighted by molar-refractivity contribution is 6.30. The molecule has 0 aliphatic carbocycles. The minimum Gasteiger partial charge on any atom is -0.497 e. The first kappa shape index (κ1) is 17.9. The van der Waals surface area contributed by atoms with Crippen molar-refractivity contribution in [2.24, 2.45) is 0 Å². The number of carbonyl (C=O) groups is 1. The molecule has 28 heavy (non-hydrogen) atoms. The summed E-state index contributed by atoms with van der Waals surface area (Å²) in [4.78, 5) is 25.6. The maximum Gasteiger partial charge on any atom is 0.256 e. The first-order valence-electron chi connectivity index (χ1n) is 8.47. The molecule has 1 N–H and O–H groups in total. The first-order valence-corrected chi connectivity index (χ1v) is 8.85. The van der Waals surface area contributed by atoms with Crippen molar-refractivity contribution in [2.75, 3.05) is 12.4 Å². The topological polar surface area (TPSA) is 81.9 Å². The van der Waals surface area contributed by atoms with Crippen LogP contribution in [0.15, 0.2) is 54.9 Å². The molecule has 8 heteroatoms. The van der Waals surface area contributed by atoms with Crippen molar-refractivity contribution in [3.63, 3.8) is 0 Å². The molecule has 0 fully saturated rings. The second-order valence-corrected chi connectivity index (χ2v) is 6.51. The maximum atomic E-state index is 12.3. The molecule has 4 rings (SSSR count). The van der Waals surface area contributed by atoms with Crippen molar-refractivity contribution < 1.29 is 9.53 Å². The van der Waals surface area contributed by atoms with Gasteiger partial charge in [-0.15, -0.1) is 0 Å². The van der Waals surface area contributed by atoms with E-state index in [9.17, 15) is 4.79 Å². The summed E-state index contributed by atoms with van der Waals surface area (Å²) in [5.74, 6) is 2.19. The predicted molar refractivity (Wildman–Crippen MR) is 107 cm³/mol. The van der Waals surface area contributed by atoms with E-state index in [0.717, 1.165) is 22.6 Å². The van der Waals surface area contributed by atoms with E-state index in [0.29, 0.717) is 22.2 Å². The fourth-order valence-corrected chi connectivity index (χ4v) is 3.01. The Morgan fingerprint density at radius 3 is 2.57 bits per heavy atom. The molecule has 140 valence electrons. The Kier molecular flexibility index (Phi) is 4.67. The molecule has 0 unspecified atom stereocenters. The van der Waals surface area contributed by atoms with Gasteiger partial charge in [-0.2, -0.15) is 0 Å². The largest absolute Gasteiger partial charge is 0.497 e. The third kappa shape index (κ3) is 3.39. The van der Waals surface area contributed by atoms with Crippen LogP contribution >= 0.6 is 11.6 Å². The van der Waals surface area contributed by atoms with Gasteiger partial charge in [0.05, 0.1) is 30.5 Å². The Balaban J connectivity index is 1.60. The van der Waals surface area contributed by atoms with Crippen molar-refractivity contribution in [1.82, 2.24) is 19.5 Å². The first-order chi connectivity index (χ1) is 13.5. The Bertz CT molecular complexity index is 1150. The SMILES string of the molecule is COc1ccc2c(c1)nc(C)n2-c1cnc(NC(=O)c2ccc(Cl)cc2)cn1. The normalized spacial score (nSPS) is 10.8. The monoisotopic (exact) mass is 393 g/mol. The molecule has 2 heterocycles. The lowest BCUT2D eigenvalue weighted by Crippen LogP contribution is -2.13. The fourth-order valence-electron chi connectivity index (χ4n) is 2.89. The van der Waals surface area contributed by atoms with Gasteiger partial charge in [0.2, 0.25) is 0 Å². The number of anilines is 1. The fraction of sp³-hybridized carbons (Fsp3) is 0.100. The smallest absolute Gasteiger partial charge is 0.256 e. The van der Waals surface area contributed by atoms with Crippen LogP contribution < -0.4 is 10.1 Å². The van der Waals surface area contributed by atoms with Gasteiger partial charge in [-0.25, -0.2) is 15.0 Å². The van der Waals surface area contributed by atoms with Crippen LogP contribution in [0.5, 0.6) is 5.75 Å². The highest BCUT2D eigenvalue weighted by Gasteiger charge is 2.12. The Labute approximate surface area is 166 Å². The molecule has 0 atom stereocenters. The predicted octanol–water partition coefficient (Wildman–Crippen LogP) is 4.04. The van der Waals surface area contributed by atoms with Crippen LogP contribution in [0.4, 0.5) is 5.82 Å². The number of halogens is 1. The number of ether oxygens (including phenoxy) is 1. The molecule has 1 amide bonds. The zero-order valence-electron chi connectivity index (χ0n) is 15.2. The van der Waals surface area contributed by atoms with Gasteiger partial charge in [0.15, 0.2) is 11.6 Å². The van der Waals surface area contributed by atoms with E-state index in [2.05, 4.69) is 20.3 Å². The van der Waals surface area contributed by atoms with E-state index in [1.807, 2.05) is 29.7 Å². The van der Waals surface area contributed by atoms with E-state index in [4.69, 9.17) is 16.3 Å². The van der Waals surface area contributed by atoms with Crippen molar-refractivity contribution in [2.45, 2.75) is 6.92 Å². The lowest BCUT2D eigenvalue weighted by molar-refractivity contribution is 0.102. The van der Waals surface area contributed by atoms with E-state index in [1.54, 1.807) is 37.6 Å². The molecule has 0 saturated heterocycles. The van der Waals surface area contributed by atoms with Gasteiger partial charge in [0.1, 0.15) is 11.6 Å². The van der Waals surface area contributed by atoms with E-state index in [1.165, 1.54) is 6.20 Å².